The Bertz CT molecular complexity index is 415. The van der Waals surface area contributed by atoms with Crippen molar-refractivity contribution in [3.63, 3.8) is 0 Å². The predicted octanol–water partition coefficient (Wildman–Crippen LogP) is 1.54. The van der Waals surface area contributed by atoms with E-state index in [-0.39, 0.29) is 11.8 Å². The molecule has 4 heteroatoms. The normalized spacial score (nSPS) is 15.8. The third-order valence-electron chi connectivity index (χ3n) is 2.19. The highest BCUT2D eigenvalue weighted by molar-refractivity contribution is 6.31. The number of carbonyl (C=O) groups is 2. The summed E-state index contributed by atoms with van der Waals surface area (Å²) in [6, 6.07) is 5.10. The summed E-state index contributed by atoms with van der Waals surface area (Å²) in [5.41, 5.74) is 1.38. The zero-order chi connectivity index (χ0) is 10.1. The van der Waals surface area contributed by atoms with Gasteiger partial charge in [-0.25, -0.2) is 0 Å². The molecule has 0 atom stereocenters. The number of benzene rings is 1. The molecule has 0 radical (unpaired) electrons. The largest absolute Gasteiger partial charge is 0.292 e. The van der Waals surface area contributed by atoms with Gasteiger partial charge in [-0.05, 0) is 24.1 Å². The Labute approximate surface area is 86.1 Å². The summed E-state index contributed by atoms with van der Waals surface area (Å²) in [4.78, 5) is 22.6. The van der Waals surface area contributed by atoms with Crippen LogP contribution in [0.15, 0.2) is 18.2 Å². The molecule has 0 spiro atoms. The molecule has 1 heterocycles. The lowest BCUT2D eigenvalue weighted by Gasteiger charge is -2.03. The first-order chi connectivity index (χ1) is 6.66. The maximum Gasteiger partial charge on any atom is 0.258 e. The van der Waals surface area contributed by atoms with Gasteiger partial charge in [-0.15, -0.1) is 0 Å². The standard InChI is InChI=1S/C10H8ClNO2/c11-7-3-1-6-2-4-9(13)12-10(14)8(6)5-7/h1,3,5H,2,4H2,(H,12,13,14). The Morgan fingerprint density at radius 3 is 2.79 bits per heavy atom. The Balaban J connectivity index is 2.49. The van der Waals surface area contributed by atoms with Crippen LogP contribution in [-0.4, -0.2) is 11.8 Å². The molecule has 1 N–H and O–H groups in total. The Hall–Kier alpha value is -1.35. The highest BCUT2D eigenvalue weighted by Gasteiger charge is 2.19. The van der Waals surface area contributed by atoms with Crippen molar-refractivity contribution in [2.24, 2.45) is 0 Å². The molecule has 72 valence electrons. The van der Waals surface area contributed by atoms with Crippen molar-refractivity contribution in [3.05, 3.63) is 34.3 Å². The molecule has 1 aromatic carbocycles. The summed E-state index contributed by atoms with van der Waals surface area (Å²) < 4.78 is 0. The van der Waals surface area contributed by atoms with E-state index in [4.69, 9.17) is 11.6 Å². The fraction of sp³-hybridized carbons (Fsp3) is 0.200. The summed E-state index contributed by atoms with van der Waals surface area (Å²) >= 11 is 5.77. The van der Waals surface area contributed by atoms with Gasteiger partial charge < -0.3 is 0 Å². The first-order valence-corrected chi connectivity index (χ1v) is 4.67. The van der Waals surface area contributed by atoms with Crippen molar-refractivity contribution in [1.29, 1.82) is 0 Å². The smallest absolute Gasteiger partial charge is 0.258 e. The maximum absolute atomic E-state index is 11.5. The Morgan fingerprint density at radius 2 is 2.00 bits per heavy atom. The molecule has 0 fully saturated rings. The van der Waals surface area contributed by atoms with Crippen molar-refractivity contribution < 1.29 is 9.59 Å². The van der Waals surface area contributed by atoms with E-state index in [1.54, 1.807) is 18.2 Å². The fourth-order valence-electron chi connectivity index (χ4n) is 1.48. The highest BCUT2D eigenvalue weighted by atomic mass is 35.5. The Morgan fingerprint density at radius 1 is 1.21 bits per heavy atom. The van der Waals surface area contributed by atoms with Crippen LogP contribution >= 0.6 is 11.6 Å². The van der Waals surface area contributed by atoms with Gasteiger partial charge >= 0.3 is 0 Å². The molecular weight excluding hydrogens is 202 g/mol. The molecular formula is C10H8ClNO2. The van der Waals surface area contributed by atoms with Gasteiger partial charge in [-0.2, -0.15) is 0 Å². The molecule has 1 aromatic rings. The molecule has 2 amide bonds. The molecule has 14 heavy (non-hydrogen) atoms. The zero-order valence-corrected chi connectivity index (χ0v) is 8.10. The van der Waals surface area contributed by atoms with Crippen LogP contribution in [0.4, 0.5) is 0 Å². The number of hydrogen-bond acceptors (Lipinski definition) is 2. The second kappa shape index (κ2) is 3.42. The minimum atomic E-state index is -0.356. The molecule has 0 aromatic heterocycles. The second-order valence-corrected chi connectivity index (χ2v) is 3.62. The molecule has 0 saturated carbocycles. The van der Waals surface area contributed by atoms with Crippen LogP contribution in [0.1, 0.15) is 22.3 Å². The third kappa shape index (κ3) is 1.63. The average molecular weight is 210 g/mol. The first kappa shape index (κ1) is 9.21. The number of halogens is 1. The number of aryl methyl sites for hydroxylation is 1. The summed E-state index contributed by atoms with van der Waals surface area (Å²) in [7, 11) is 0. The van der Waals surface area contributed by atoms with E-state index < -0.39 is 0 Å². The van der Waals surface area contributed by atoms with E-state index in [0.717, 1.165) is 5.56 Å². The van der Waals surface area contributed by atoms with Crippen LogP contribution < -0.4 is 5.32 Å². The lowest BCUT2D eigenvalue weighted by molar-refractivity contribution is -0.119. The minimum absolute atomic E-state index is 0.234. The number of hydrogen-bond donors (Lipinski definition) is 1. The molecule has 0 bridgehead atoms. The number of fused-ring (bicyclic) bond motifs is 1. The quantitative estimate of drug-likeness (QED) is 0.659. The average Bonchev–Trinajstić information content (AvgIpc) is 2.27. The van der Waals surface area contributed by atoms with Gasteiger partial charge in [0.25, 0.3) is 5.91 Å². The van der Waals surface area contributed by atoms with Crippen molar-refractivity contribution in [3.8, 4) is 0 Å². The van der Waals surface area contributed by atoms with Crippen LogP contribution in [0.25, 0.3) is 0 Å². The lowest BCUT2D eigenvalue weighted by Crippen LogP contribution is -2.28. The molecule has 0 aliphatic carbocycles. The maximum atomic E-state index is 11.5. The SMILES string of the molecule is O=C1CCc2ccc(Cl)cc2C(=O)N1. The van der Waals surface area contributed by atoms with Gasteiger partial charge in [0, 0.05) is 17.0 Å². The number of rotatable bonds is 0. The van der Waals surface area contributed by atoms with Gasteiger partial charge in [-0.3, -0.25) is 14.9 Å². The van der Waals surface area contributed by atoms with E-state index in [0.29, 0.717) is 23.4 Å². The number of amides is 2. The molecule has 1 aliphatic heterocycles. The highest BCUT2D eigenvalue weighted by Crippen LogP contribution is 2.19. The van der Waals surface area contributed by atoms with Crippen LogP contribution in [0.5, 0.6) is 0 Å². The fourth-order valence-corrected chi connectivity index (χ4v) is 1.65. The number of carbonyl (C=O) groups excluding carboxylic acids is 2. The van der Waals surface area contributed by atoms with Crippen LogP contribution in [0.2, 0.25) is 5.02 Å². The molecule has 3 nitrogen and oxygen atoms in total. The van der Waals surface area contributed by atoms with Crippen molar-refractivity contribution in [2.45, 2.75) is 12.8 Å². The molecule has 0 unspecified atom stereocenters. The van der Waals surface area contributed by atoms with Crippen molar-refractivity contribution >= 4 is 23.4 Å². The summed E-state index contributed by atoms with van der Waals surface area (Å²) in [6.07, 6.45) is 0.935. The molecule has 1 aliphatic rings. The van der Waals surface area contributed by atoms with Gasteiger partial charge in [0.05, 0.1) is 0 Å². The van der Waals surface area contributed by atoms with Crippen LogP contribution in [0.3, 0.4) is 0 Å². The van der Waals surface area contributed by atoms with Gasteiger partial charge in [-0.1, -0.05) is 17.7 Å². The van der Waals surface area contributed by atoms with Crippen LogP contribution in [0, 0.1) is 0 Å². The summed E-state index contributed by atoms with van der Waals surface area (Å²) in [5, 5.41) is 2.80. The summed E-state index contributed by atoms with van der Waals surface area (Å²) in [6.45, 7) is 0. The first-order valence-electron chi connectivity index (χ1n) is 4.29. The lowest BCUT2D eigenvalue weighted by atomic mass is 10.0. The van der Waals surface area contributed by atoms with Gasteiger partial charge in [0.15, 0.2) is 0 Å². The Kier molecular flexibility index (Phi) is 2.25. The van der Waals surface area contributed by atoms with E-state index in [1.807, 2.05) is 0 Å². The number of imide groups is 1. The van der Waals surface area contributed by atoms with Gasteiger partial charge in [0.2, 0.25) is 5.91 Å². The number of nitrogens with one attached hydrogen (secondary N) is 1. The third-order valence-corrected chi connectivity index (χ3v) is 2.43. The van der Waals surface area contributed by atoms with E-state index >= 15 is 0 Å². The predicted molar refractivity (Wildman–Crippen MR) is 52.2 cm³/mol. The van der Waals surface area contributed by atoms with Gasteiger partial charge in [0.1, 0.15) is 0 Å². The van der Waals surface area contributed by atoms with Crippen molar-refractivity contribution in [1.82, 2.24) is 5.32 Å². The summed E-state index contributed by atoms with van der Waals surface area (Å²) in [5.74, 6) is -0.590. The monoisotopic (exact) mass is 209 g/mol. The minimum Gasteiger partial charge on any atom is -0.292 e. The zero-order valence-electron chi connectivity index (χ0n) is 7.34. The molecule has 0 saturated heterocycles. The second-order valence-electron chi connectivity index (χ2n) is 3.18. The van der Waals surface area contributed by atoms with E-state index in [9.17, 15) is 9.59 Å². The van der Waals surface area contributed by atoms with Crippen molar-refractivity contribution in [2.75, 3.05) is 0 Å². The molecule has 2 rings (SSSR count). The van der Waals surface area contributed by atoms with E-state index in [1.165, 1.54) is 0 Å². The van der Waals surface area contributed by atoms with Crippen LogP contribution in [-0.2, 0) is 11.2 Å². The topological polar surface area (TPSA) is 46.2 Å². The van der Waals surface area contributed by atoms with E-state index in [2.05, 4.69) is 5.32 Å².